The van der Waals surface area contributed by atoms with Crippen LogP contribution in [0.1, 0.15) is 6.42 Å². The van der Waals surface area contributed by atoms with Crippen molar-refractivity contribution in [3.05, 3.63) is 48.7 Å². The van der Waals surface area contributed by atoms with Gasteiger partial charge >= 0.3 is 0 Å². The second kappa shape index (κ2) is 6.27. The first-order valence-corrected chi connectivity index (χ1v) is 7.96. The molecule has 0 saturated heterocycles. The molecule has 7 heteroatoms. The van der Waals surface area contributed by atoms with Gasteiger partial charge in [0.05, 0.1) is 17.4 Å². The van der Waals surface area contributed by atoms with Crippen LogP contribution in [0.15, 0.2) is 48.7 Å². The largest absolute Gasteiger partial charge is 0.482 e. The van der Waals surface area contributed by atoms with Crippen molar-refractivity contribution in [3.8, 4) is 5.75 Å². The van der Waals surface area contributed by atoms with Gasteiger partial charge in [-0.05, 0) is 30.3 Å². The Morgan fingerprint density at radius 3 is 3.08 bits per heavy atom. The van der Waals surface area contributed by atoms with E-state index in [9.17, 15) is 9.59 Å². The Morgan fingerprint density at radius 1 is 1.28 bits per heavy atom. The number of benzene rings is 2. The maximum atomic E-state index is 12.2. The van der Waals surface area contributed by atoms with Gasteiger partial charge in [-0.3, -0.25) is 14.7 Å². The number of amides is 2. The number of nitrogens with zero attached hydrogens (tertiary/aromatic N) is 2. The standard InChI is InChI=1S/C18H16N4O3/c23-17(20-13-6-5-12-10-19-21-14(12)9-13)7-8-22-15-3-1-2-4-16(15)25-11-18(22)24/h1-6,9-10H,7-8,11H2,(H,19,21)(H,20,23). The monoisotopic (exact) mass is 336 g/mol. The van der Waals surface area contributed by atoms with Crippen molar-refractivity contribution in [1.82, 2.24) is 10.2 Å². The third kappa shape index (κ3) is 3.03. The van der Waals surface area contributed by atoms with Crippen LogP contribution in [0, 0.1) is 0 Å². The summed E-state index contributed by atoms with van der Waals surface area (Å²) >= 11 is 0. The zero-order valence-electron chi connectivity index (χ0n) is 13.4. The van der Waals surface area contributed by atoms with Crippen LogP contribution in [0.25, 0.3) is 10.9 Å². The highest BCUT2D eigenvalue weighted by Crippen LogP contribution is 2.31. The van der Waals surface area contributed by atoms with Crippen molar-refractivity contribution in [3.63, 3.8) is 0 Å². The molecular weight excluding hydrogens is 320 g/mol. The average Bonchev–Trinajstić information content (AvgIpc) is 3.08. The summed E-state index contributed by atoms with van der Waals surface area (Å²) in [4.78, 5) is 25.9. The molecule has 2 amide bonds. The molecule has 0 spiro atoms. The van der Waals surface area contributed by atoms with Gasteiger partial charge in [-0.15, -0.1) is 0 Å². The van der Waals surface area contributed by atoms with Crippen LogP contribution in [-0.2, 0) is 9.59 Å². The van der Waals surface area contributed by atoms with Crippen LogP contribution in [0.3, 0.4) is 0 Å². The lowest BCUT2D eigenvalue weighted by molar-refractivity contribution is -0.121. The van der Waals surface area contributed by atoms with Crippen LogP contribution in [-0.4, -0.2) is 35.2 Å². The van der Waals surface area contributed by atoms with E-state index in [2.05, 4.69) is 15.5 Å². The topological polar surface area (TPSA) is 87.3 Å². The van der Waals surface area contributed by atoms with Gasteiger partial charge in [0.1, 0.15) is 5.75 Å². The number of hydrogen-bond acceptors (Lipinski definition) is 4. The molecule has 0 saturated carbocycles. The molecule has 4 rings (SSSR count). The fraction of sp³-hybridized carbons (Fsp3) is 0.167. The molecule has 0 radical (unpaired) electrons. The summed E-state index contributed by atoms with van der Waals surface area (Å²) in [6.45, 7) is 0.298. The number of rotatable bonds is 4. The smallest absolute Gasteiger partial charge is 0.265 e. The summed E-state index contributed by atoms with van der Waals surface area (Å²) in [5, 5.41) is 10.6. The van der Waals surface area contributed by atoms with Gasteiger partial charge in [0, 0.05) is 24.0 Å². The Balaban J connectivity index is 1.42. The van der Waals surface area contributed by atoms with Crippen molar-refractivity contribution in [2.75, 3.05) is 23.4 Å². The number of anilines is 2. The number of para-hydroxylation sites is 2. The summed E-state index contributed by atoms with van der Waals surface area (Å²) < 4.78 is 5.40. The number of carbonyl (C=O) groups excluding carboxylic acids is 2. The number of H-pyrrole nitrogens is 1. The van der Waals surface area contributed by atoms with Crippen molar-refractivity contribution in [1.29, 1.82) is 0 Å². The van der Waals surface area contributed by atoms with E-state index in [4.69, 9.17) is 4.74 Å². The highest BCUT2D eigenvalue weighted by molar-refractivity contribution is 5.99. The number of carbonyl (C=O) groups is 2. The quantitative estimate of drug-likeness (QED) is 0.765. The molecule has 1 aromatic heterocycles. The second-order valence-electron chi connectivity index (χ2n) is 5.77. The highest BCUT2D eigenvalue weighted by atomic mass is 16.5. The van der Waals surface area contributed by atoms with E-state index in [1.807, 2.05) is 42.5 Å². The lowest BCUT2D eigenvalue weighted by Gasteiger charge is -2.29. The number of ether oxygens (including phenoxy) is 1. The molecule has 0 bridgehead atoms. The van der Waals surface area contributed by atoms with Crippen LogP contribution in [0.5, 0.6) is 5.75 Å². The van der Waals surface area contributed by atoms with E-state index >= 15 is 0 Å². The number of fused-ring (bicyclic) bond motifs is 2. The maximum Gasteiger partial charge on any atom is 0.265 e. The van der Waals surface area contributed by atoms with E-state index in [1.54, 1.807) is 11.1 Å². The second-order valence-corrected chi connectivity index (χ2v) is 5.77. The maximum absolute atomic E-state index is 12.2. The van der Waals surface area contributed by atoms with Crippen LogP contribution in [0.2, 0.25) is 0 Å². The van der Waals surface area contributed by atoms with Crippen LogP contribution >= 0.6 is 0 Å². The van der Waals surface area contributed by atoms with Crippen molar-refractivity contribution in [2.24, 2.45) is 0 Å². The molecular formula is C18H16N4O3. The molecule has 3 aromatic rings. The van der Waals surface area contributed by atoms with E-state index in [0.29, 0.717) is 23.7 Å². The fourth-order valence-electron chi connectivity index (χ4n) is 2.85. The van der Waals surface area contributed by atoms with E-state index < -0.39 is 0 Å². The Labute approximate surface area is 143 Å². The zero-order chi connectivity index (χ0) is 17.2. The minimum atomic E-state index is -0.157. The minimum Gasteiger partial charge on any atom is -0.482 e. The normalized spacial score (nSPS) is 13.4. The van der Waals surface area contributed by atoms with Gasteiger partial charge in [0.2, 0.25) is 5.91 Å². The molecule has 0 fully saturated rings. The van der Waals surface area contributed by atoms with Gasteiger partial charge in [0.15, 0.2) is 6.61 Å². The molecule has 1 aliphatic rings. The summed E-state index contributed by atoms with van der Waals surface area (Å²) in [6, 6.07) is 12.9. The predicted molar refractivity (Wildman–Crippen MR) is 93.6 cm³/mol. The summed E-state index contributed by atoms with van der Waals surface area (Å²) in [6.07, 6.45) is 1.92. The molecule has 0 aliphatic carbocycles. The van der Waals surface area contributed by atoms with E-state index in [1.165, 1.54) is 0 Å². The van der Waals surface area contributed by atoms with Crippen molar-refractivity contribution >= 4 is 34.1 Å². The third-order valence-corrected chi connectivity index (χ3v) is 4.10. The predicted octanol–water partition coefficient (Wildman–Crippen LogP) is 2.32. The van der Waals surface area contributed by atoms with Gasteiger partial charge < -0.3 is 15.0 Å². The molecule has 7 nitrogen and oxygen atoms in total. The number of aromatic nitrogens is 2. The first-order valence-electron chi connectivity index (χ1n) is 7.96. The summed E-state index contributed by atoms with van der Waals surface area (Å²) in [5.74, 6) is 0.355. The van der Waals surface area contributed by atoms with Crippen LogP contribution in [0.4, 0.5) is 11.4 Å². The number of nitrogens with one attached hydrogen (secondary N) is 2. The van der Waals surface area contributed by atoms with Crippen LogP contribution < -0.4 is 15.0 Å². The van der Waals surface area contributed by atoms with Crippen molar-refractivity contribution in [2.45, 2.75) is 6.42 Å². The summed E-state index contributed by atoms with van der Waals surface area (Å²) in [7, 11) is 0. The molecule has 0 unspecified atom stereocenters. The molecule has 1 aliphatic heterocycles. The molecule has 2 heterocycles. The Kier molecular flexibility index (Phi) is 3.81. The van der Waals surface area contributed by atoms with Gasteiger partial charge in [-0.1, -0.05) is 12.1 Å². The van der Waals surface area contributed by atoms with E-state index in [0.717, 1.165) is 10.9 Å². The Morgan fingerprint density at radius 2 is 2.16 bits per heavy atom. The Bertz CT molecular complexity index is 950. The average molecular weight is 336 g/mol. The molecule has 0 atom stereocenters. The zero-order valence-corrected chi connectivity index (χ0v) is 13.4. The summed E-state index contributed by atoms with van der Waals surface area (Å²) in [5.41, 5.74) is 2.25. The van der Waals surface area contributed by atoms with Gasteiger partial charge in [-0.25, -0.2) is 0 Å². The van der Waals surface area contributed by atoms with E-state index in [-0.39, 0.29) is 24.8 Å². The number of hydrogen-bond donors (Lipinski definition) is 2. The minimum absolute atomic E-state index is 0.00484. The lowest BCUT2D eigenvalue weighted by atomic mass is 10.2. The molecule has 2 N–H and O–H groups in total. The highest BCUT2D eigenvalue weighted by Gasteiger charge is 2.25. The van der Waals surface area contributed by atoms with Gasteiger partial charge in [0.25, 0.3) is 5.91 Å². The fourth-order valence-corrected chi connectivity index (χ4v) is 2.85. The Hall–Kier alpha value is -3.35. The third-order valence-electron chi connectivity index (χ3n) is 4.10. The number of aromatic amines is 1. The molecule has 25 heavy (non-hydrogen) atoms. The first kappa shape index (κ1) is 15.2. The molecule has 2 aromatic carbocycles. The first-order chi connectivity index (χ1) is 12.2. The SMILES string of the molecule is O=C(CCN1C(=O)COc2ccccc21)Nc1ccc2cn[nH]c2c1. The molecule has 126 valence electrons. The van der Waals surface area contributed by atoms with Crippen molar-refractivity contribution < 1.29 is 14.3 Å². The lowest BCUT2D eigenvalue weighted by Crippen LogP contribution is -2.40. The van der Waals surface area contributed by atoms with Gasteiger partial charge in [-0.2, -0.15) is 5.10 Å².